The van der Waals surface area contributed by atoms with Gasteiger partial charge < -0.3 is 14.8 Å². The highest BCUT2D eigenvalue weighted by Crippen LogP contribution is 2.27. The number of nitrogens with one attached hydrogen (secondary N) is 1. The summed E-state index contributed by atoms with van der Waals surface area (Å²) in [4.78, 5) is 12.3. The molecule has 0 spiro atoms. The fourth-order valence-corrected chi connectivity index (χ4v) is 4.18. The largest absolute Gasteiger partial charge is 0.355 e. The van der Waals surface area contributed by atoms with E-state index in [-0.39, 0.29) is 0 Å². The number of benzene rings is 1. The quantitative estimate of drug-likeness (QED) is 0.364. The van der Waals surface area contributed by atoms with Gasteiger partial charge in [-0.3, -0.25) is 4.99 Å². The predicted octanol–water partition coefficient (Wildman–Crippen LogP) is 3.79. The van der Waals surface area contributed by atoms with E-state index >= 15 is 0 Å². The minimum atomic E-state index is 0.438. The van der Waals surface area contributed by atoms with Crippen molar-refractivity contribution in [2.24, 2.45) is 10.9 Å². The maximum atomic E-state index is 5.93. The minimum Gasteiger partial charge on any atom is -0.355 e. The van der Waals surface area contributed by atoms with Gasteiger partial charge >= 0.3 is 0 Å². The van der Waals surface area contributed by atoms with Crippen LogP contribution in [0.15, 0.2) is 52.9 Å². The van der Waals surface area contributed by atoms with E-state index in [2.05, 4.69) is 50.0 Å². The van der Waals surface area contributed by atoms with Crippen molar-refractivity contribution < 1.29 is 0 Å². The highest BCUT2D eigenvalue weighted by Gasteiger charge is 2.28. The third-order valence-corrected chi connectivity index (χ3v) is 6.07. The predicted molar refractivity (Wildman–Crippen MR) is 110 cm³/mol. The van der Waals surface area contributed by atoms with Gasteiger partial charge in [-0.1, -0.05) is 18.5 Å². The van der Waals surface area contributed by atoms with Crippen LogP contribution in [0, 0.1) is 5.92 Å². The van der Waals surface area contributed by atoms with Gasteiger partial charge in [-0.15, -0.1) is 11.8 Å². The molecule has 2 aromatic rings. The van der Waals surface area contributed by atoms with E-state index in [0.29, 0.717) is 12.0 Å². The molecule has 0 radical (unpaired) electrons. The fourth-order valence-electron chi connectivity index (χ4n) is 3.29. The van der Waals surface area contributed by atoms with Crippen molar-refractivity contribution in [2.45, 2.75) is 24.3 Å². The number of imidazole rings is 1. The first-order valence-electron chi connectivity index (χ1n) is 8.99. The number of piperidine rings is 1. The van der Waals surface area contributed by atoms with E-state index in [1.54, 1.807) is 0 Å². The van der Waals surface area contributed by atoms with E-state index in [1.165, 1.54) is 4.90 Å². The summed E-state index contributed by atoms with van der Waals surface area (Å²) in [6, 6.07) is 8.42. The van der Waals surface area contributed by atoms with E-state index in [4.69, 9.17) is 11.6 Å². The molecule has 0 amide bonds. The standard InChI is InChI=1S/C19H26ClN5S/c1-15-7-10-24(13-18(15)25-11-8-22-14-25)19(21-2)23-9-12-26-17-5-3-16(20)4-6-17/h3-6,8,11,14-15,18H,7,9-10,12-13H2,1-2H3,(H,21,23). The molecule has 0 saturated carbocycles. The van der Waals surface area contributed by atoms with Crippen LogP contribution >= 0.6 is 23.4 Å². The zero-order valence-electron chi connectivity index (χ0n) is 15.3. The number of nitrogens with zero attached hydrogens (tertiary/aromatic N) is 4. The second-order valence-electron chi connectivity index (χ2n) is 6.57. The Morgan fingerprint density at radius 2 is 2.19 bits per heavy atom. The van der Waals surface area contributed by atoms with E-state index in [9.17, 15) is 0 Å². The lowest BCUT2D eigenvalue weighted by Crippen LogP contribution is -2.49. The number of halogens is 1. The number of likely N-dealkylation sites (tertiary alicyclic amines) is 1. The molecular weight excluding hydrogens is 366 g/mol. The van der Waals surface area contributed by atoms with Crippen LogP contribution in [-0.2, 0) is 0 Å². The SMILES string of the molecule is CN=C(NCCSc1ccc(Cl)cc1)N1CCC(C)C(n2ccnc2)C1. The molecule has 0 bridgehead atoms. The summed E-state index contributed by atoms with van der Waals surface area (Å²) in [5, 5.41) is 4.28. The average Bonchev–Trinajstić information content (AvgIpc) is 3.18. The Labute approximate surface area is 164 Å². The van der Waals surface area contributed by atoms with Crippen molar-refractivity contribution in [3.05, 3.63) is 48.0 Å². The van der Waals surface area contributed by atoms with Gasteiger partial charge in [0.1, 0.15) is 0 Å². The van der Waals surface area contributed by atoms with Crippen LogP contribution in [0.4, 0.5) is 0 Å². The van der Waals surface area contributed by atoms with Crippen molar-refractivity contribution in [3.63, 3.8) is 0 Å². The Kier molecular flexibility index (Phi) is 6.86. The second kappa shape index (κ2) is 9.33. The summed E-state index contributed by atoms with van der Waals surface area (Å²) in [5.41, 5.74) is 0. The zero-order chi connectivity index (χ0) is 18.4. The molecule has 1 fully saturated rings. The van der Waals surface area contributed by atoms with E-state index in [0.717, 1.165) is 42.8 Å². The van der Waals surface area contributed by atoms with Crippen molar-refractivity contribution in [1.82, 2.24) is 19.8 Å². The first-order valence-corrected chi connectivity index (χ1v) is 10.3. The Balaban J connectivity index is 1.49. The van der Waals surface area contributed by atoms with Gasteiger partial charge in [-0.2, -0.15) is 0 Å². The molecule has 1 saturated heterocycles. The van der Waals surface area contributed by atoms with E-state index in [1.807, 2.05) is 43.5 Å². The first-order chi connectivity index (χ1) is 12.7. The number of aliphatic imine (C=N–C) groups is 1. The summed E-state index contributed by atoms with van der Waals surface area (Å²) in [6.45, 7) is 5.20. The number of hydrogen-bond donors (Lipinski definition) is 1. The highest BCUT2D eigenvalue weighted by atomic mass is 35.5. The zero-order valence-corrected chi connectivity index (χ0v) is 16.9. The van der Waals surface area contributed by atoms with Crippen molar-refractivity contribution >= 4 is 29.3 Å². The molecule has 7 heteroatoms. The minimum absolute atomic E-state index is 0.438. The average molecular weight is 392 g/mol. The van der Waals surface area contributed by atoms with E-state index < -0.39 is 0 Å². The van der Waals surface area contributed by atoms with Gasteiger partial charge in [0.15, 0.2) is 5.96 Å². The van der Waals surface area contributed by atoms with Crippen LogP contribution in [0.1, 0.15) is 19.4 Å². The molecule has 0 aliphatic carbocycles. The lowest BCUT2D eigenvalue weighted by molar-refractivity contribution is 0.189. The maximum absolute atomic E-state index is 5.93. The number of thioether (sulfide) groups is 1. The van der Waals surface area contributed by atoms with Gasteiger partial charge in [0.2, 0.25) is 0 Å². The maximum Gasteiger partial charge on any atom is 0.193 e. The fraction of sp³-hybridized carbons (Fsp3) is 0.474. The van der Waals surface area contributed by atoms with Gasteiger partial charge in [0.25, 0.3) is 0 Å². The monoisotopic (exact) mass is 391 g/mol. The first kappa shape index (κ1) is 19.1. The lowest BCUT2D eigenvalue weighted by atomic mass is 9.93. The van der Waals surface area contributed by atoms with Crippen LogP contribution in [-0.4, -0.2) is 52.8 Å². The lowest BCUT2D eigenvalue weighted by Gasteiger charge is -2.39. The Hall–Kier alpha value is -1.66. The molecule has 1 aliphatic heterocycles. The number of hydrogen-bond acceptors (Lipinski definition) is 3. The molecule has 1 aromatic carbocycles. The molecule has 2 atom stereocenters. The van der Waals surface area contributed by atoms with Crippen molar-refractivity contribution in [1.29, 1.82) is 0 Å². The van der Waals surface area contributed by atoms with Gasteiger partial charge in [0.05, 0.1) is 12.4 Å². The third-order valence-electron chi connectivity index (χ3n) is 4.81. The molecule has 1 aliphatic rings. The third kappa shape index (κ3) is 4.95. The normalized spacial score (nSPS) is 21.0. The van der Waals surface area contributed by atoms with Gasteiger partial charge in [-0.25, -0.2) is 4.98 Å². The smallest absolute Gasteiger partial charge is 0.193 e. The van der Waals surface area contributed by atoms with Crippen LogP contribution in [0.5, 0.6) is 0 Å². The summed E-state index contributed by atoms with van der Waals surface area (Å²) in [5.74, 6) is 2.60. The molecule has 2 heterocycles. The van der Waals surface area contributed by atoms with Crippen LogP contribution in [0.25, 0.3) is 0 Å². The number of aromatic nitrogens is 2. The van der Waals surface area contributed by atoms with Crippen molar-refractivity contribution in [2.75, 3.05) is 32.4 Å². The molecule has 1 N–H and O–H groups in total. The Morgan fingerprint density at radius 3 is 2.88 bits per heavy atom. The Morgan fingerprint density at radius 1 is 1.38 bits per heavy atom. The number of guanidine groups is 1. The summed E-state index contributed by atoms with van der Waals surface area (Å²) >= 11 is 7.75. The van der Waals surface area contributed by atoms with Crippen LogP contribution < -0.4 is 5.32 Å². The van der Waals surface area contributed by atoms with Crippen LogP contribution in [0.3, 0.4) is 0 Å². The van der Waals surface area contributed by atoms with Crippen molar-refractivity contribution in [3.8, 4) is 0 Å². The van der Waals surface area contributed by atoms with Crippen LogP contribution in [0.2, 0.25) is 5.02 Å². The summed E-state index contributed by atoms with van der Waals surface area (Å²) in [7, 11) is 1.86. The highest BCUT2D eigenvalue weighted by molar-refractivity contribution is 7.99. The molecule has 3 rings (SSSR count). The second-order valence-corrected chi connectivity index (χ2v) is 8.17. The topological polar surface area (TPSA) is 45.5 Å². The molecule has 140 valence electrons. The molecule has 26 heavy (non-hydrogen) atoms. The Bertz CT molecular complexity index is 701. The van der Waals surface area contributed by atoms with Gasteiger partial charge in [-0.05, 0) is 36.6 Å². The molecule has 2 unspecified atom stereocenters. The molecule has 5 nitrogen and oxygen atoms in total. The molecule has 1 aromatic heterocycles. The van der Waals surface area contributed by atoms with Gasteiger partial charge in [0, 0.05) is 54.7 Å². The summed E-state index contributed by atoms with van der Waals surface area (Å²) < 4.78 is 2.22. The number of rotatable bonds is 5. The molecular formula is C19H26ClN5S. The summed E-state index contributed by atoms with van der Waals surface area (Å²) in [6.07, 6.45) is 6.99.